The number of likely N-dealkylation sites (N-methyl/N-ethyl adjacent to an activating group) is 1. The maximum atomic E-state index is 11.0. The molecule has 1 rings (SSSR count). The van der Waals surface area contributed by atoms with Crippen molar-refractivity contribution >= 4 is 31.7 Å². The molecule has 0 aromatic heterocycles. The fraction of sp³-hybridized carbons (Fsp3) is 0.600. The Morgan fingerprint density at radius 3 is 2.38 bits per heavy atom. The molecule has 13 heavy (non-hydrogen) atoms. The van der Waals surface area contributed by atoms with E-state index in [0.717, 1.165) is 4.90 Å². The summed E-state index contributed by atoms with van der Waals surface area (Å²) in [7, 11) is 2.49. The largest absolute Gasteiger partial charge is 0.324 e. The summed E-state index contributed by atoms with van der Waals surface area (Å²) in [5.74, 6) is -1.21. The molecule has 6 nitrogen and oxygen atoms in total. The highest BCUT2D eigenvalue weighted by atomic mass is 35.7. The average molecular weight is 227 g/mol. The normalized spacial score (nSPS) is 23.5. The monoisotopic (exact) mass is 226 g/mol. The molecule has 1 aliphatic rings. The maximum Gasteiger partial charge on any atom is 0.324 e. The predicted octanol–water partition coefficient (Wildman–Crippen LogP) is -0.895. The average Bonchev–Trinajstić information content (AvgIpc) is 2.14. The standard InChI is InChI=1S/C5H7ClN2O4S/c1-8-3(2-13(6,11)12)4(9)7-5(8)10/h3H,2H2,1H3,(H,7,9,10). The van der Waals surface area contributed by atoms with Crippen molar-refractivity contribution in [2.45, 2.75) is 6.04 Å². The number of carbonyl (C=O) groups excluding carboxylic acids is 2. The van der Waals surface area contributed by atoms with Crippen LogP contribution in [0.2, 0.25) is 0 Å². The van der Waals surface area contributed by atoms with E-state index < -0.39 is 32.8 Å². The highest BCUT2D eigenvalue weighted by Crippen LogP contribution is 2.10. The van der Waals surface area contributed by atoms with Gasteiger partial charge in [0.25, 0.3) is 5.91 Å². The van der Waals surface area contributed by atoms with Gasteiger partial charge in [0.1, 0.15) is 6.04 Å². The number of imide groups is 1. The Bertz CT molecular complexity index is 352. The van der Waals surface area contributed by atoms with E-state index in [4.69, 9.17) is 10.7 Å². The van der Waals surface area contributed by atoms with Gasteiger partial charge in [0.05, 0.1) is 5.75 Å². The molecule has 1 fully saturated rings. The number of carbonyl (C=O) groups is 2. The van der Waals surface area contributed by atoms with Crippen molar-refractivity contribution in [2.24, 2.45) is 0 Å². The minimum Gasteiger partial charge on any atom is -0.314 e. The Morgan fingerprint density at radius 2 is 2.08 bits per heavy atom. The first kappa shape index (κ1) is 10.3. The Hall–Kier alpha value is -0.820. The number of rotatable bonds is 2. The van der Waals surface area contributed by atoms with Crippen LogP contribution < -0.4 is 5.32 Å². The lowest BCUT2D eigenvalue weighted by molar-refractivity contribution is -0.120. The van der Waals surface area contributed by atoms with E-state index >= 15 is 0 Å². The second-order valence-corrected chi connectivity index (χ2v) is 5.45. The van der Waals surface area contributed by atoms with Crippen molar-refractivity contribution in [3.8, 4) is 0 Å². The summed E-state index contributed by atoms with van der Waals surface area (Å²) >= 11 is 0. The fourth-order valence-corrected chi connectivity index (χ4v) is 2.08. The highest BCUT2D eigenvalue weighted by molar-refractivity contribution is 8.13. The molecule has 0 spiro atoms. The van der Waals surface area contributed by atoms with Crippen molar-refractivity contribution in [2.75, 3.05) is 12.8 Å². The molecule has 1 N–H and O–H groups in total. The number of hydrogen-bond donors (Lipinski definition) is 1. The molecule has 1 aliphatic heterocycles. The zero-order chi connectivity index (χ0) is 10.2. The molecule has 0 radical (unpaired) electrons. The van der Waals surface area contributed by atoms with E-state index in [-0.39, 0.29) is 0 Å². The zero-order valence-corrected chi connectivity index (χ0v) is 8.22. The maximum absolute atomic E-state index is 11.0. The Labute approximate surface area is 79.3 Å². The summed E-state index contributed by atoms with van der Waals surface area (Å²) in [4.78, 5) is 22.8. The summed E-state index contributed by atoms with van der Waals surface area (Å²) in [5.41, 5.74) is 0. The van der Waals surface area contributed by atoms with Gasteiger partial charge in [-0.2, -0.15) is 0 Å². The van der Waals surface area contributed by atoms with E-state index in [1.165, 1.54) is 7.05 Å². The van der Waals surface area contributed by atoms with E-state index in [9.17, 15) is 18.0 Å². The van der Waals surface area contributed by atoms with E-state index in [1.54, 1.807) is 0 Å². The van der Waals surface area contributed by atoms with Crippen molar-refractivity contribution in [3.05, 3.63) is 0 Å². The number of halogens is 1. The van der Waals surface area contributed by atoms with Crippen LogP contribution in [0.1, 0.15) is 0 Å². The van der Waals surface area contributed by atoms with Crippen LogP contribution in [0.5, 0.6) is 0 Å². The fourth-order valence-electron chi connectivity index (χ4n) is 0.970. The first-order chi connectivity index (χ1) is 5.81. The third kappa shape index (κ3) is 2.31. The molecular formula is C5H7ClN2O4S. The Morgan fingerprint density at radius 1 is 1.54 bits per heavy atom. The van der Waals surface area contributed by atoms with E-state index in [0.29, 0.717) is 0 Å². The van der Waals surface area contributed by atoms with Gasteiger partial charge in [0, 0.05) is 17.7 Å². The number of nitrogens with zero attached hydrogens (tertiary/aromatic N) is 1. The Balaban J connectivity index is 2.82. The molecule has 0 aliphatic carbocycles. The number of amides is 3. The van der Waals surface area contributed by atoms with E-state index in [2.05, 4.69) is 0 Å². The van der Waals surface area contributed by atoms with Crippen LogP contribution in [0.15, 0.2) is 0 Å². The van der Waals surface area contributed by atoms with Gasteiger partial charge in [-0.25, -0.2) is 13.2 Å². The third-order valence-electron chi connectivity index (χ3n) is 1.68. The van der Waals surface area contributed by atoms with Crippen LogP contribution in [0, 0.1) is 0 Å². The minimum atomic E-state index is -3.78. The zero-order valence-electron chi connectivity index (χ0n) is 6.65. The summed E-state index contributed by atoms with van der Waals surface area (Å²) in [6.45, 7) is 0. The van der Waals surface area contributed by atoms with Gasteiger partial charge in [0.15, 0.2) is 0 Å². The van der Waals surface area contributed by atoms with Crippen molar-refractivity contribution < 1.29 is 18.0 Å². The summed E-state index contributed by atoms with van der Waals surface area (Å²) in [6, 6.07) is -1.63. The van der Waals surface area contributed by atoms with Gasteiger partial charge >= 0.3 is 6.03 Å². The smallest absolute Gasteiger partial charge is 0.314 e. The van der Waals surface area contributed by atoms with Crippen LogP contribution in [0.4, 0.5) is 4.79 Å². The summed E-state index contributed by atoms with van der Waals surface area (Å²) < 4.78 is 21.3. The quantitative estimate of drug-likeness (QED) is 0.489. The molecule has 3 amide bonds. The van der Waals surface area contributed by atoms with Crippen molar-refractivity contribution in [1.29, 1.82) is 0 Å². The number of nitrogens with one attached hydrogen (secondary N) is 1. The van der Waals surface area contributed by atoms with Crippen LogP contribution in [0.25, 0.3) is 0 Å². The number of hydrogen-bond acceptors (Lipinski definition) is 4. The SMILES string of the molecule is CN1C(=O)NC(=O)C1CS(=O)(=O)Cl. The van der Waals surface area contributed by atoms with Gasteiger partial charge < -0.3 is 4.90 Å². The molecule has 1 heterocycles. The lowest BCUT2D eigenvalue weighted by Gasteiger charge is -2.13. The van der Waals surface area contributed by atoms with Crippen molar-refractivity contribution in [1.82, 2.24) is 10.2 Å². The van der Waals surface area contributed by atoms with Gasteiger partial charge in [-0.05, 0) is 0 Å². The Kier molecular flexibility index (Phi) is 2.49. The van der Waals surface area contributed by atoms with Gasteiger partial charge in [0.2, 0.25) is 9.05 Å². The topological polar surface area (TPSA) is 83.6 Å². The third-order valence-corrected chi connectivity index (χ3v) is 2.77. The van der Waals surface area contributed by atoms with Crippen LogP contribution in [-0.2, 0) is 13.8 Å². The molecule has 0 aromatic carbocycles. The molecule has 0 aromatic rings. The first-order valence-corrected chi connectivity index (χ1v) is 5.79. The van der Waals surface area contributed by atoms with Crippen LogP contribution in [0.3, 0.4) is 0 Å². The molecular weight excluding hydrogens is 220 g/mol. The van der Waals surface area contributed by atoms with Gasteiger partial charge in [-0.15, -0.1) is 0 Å². The molecule has 1 atom stereocenters. The predicted molar refractivity (Wildman–Crippen MR) is 44.7 cm³/mol. The van der Waals surface area contributed by atoms with E-state index in [1.807, 2.05) is 5.32 Å². The molecule has 1 unspecified atom stereocenters. The molecule has 0 saturated carbocycles. The lowest BCUT2D eigenvalue weighted by atomic mass is 10.3. The first-order valence-electron chi connectivity index (χ1n) is 3.31. The van der Waals surface area contributed by atoms with Crippen LogP contribution >= 0.6 is 10.7 Å². The summed E-state index contributed by atoms with van der Waals surface area (Å²) in [5, 5.41) is 1.96. The number of urea groups is 1. The second kappa shape index (κ2) is 3.15. The molecule has 0 bridgehead atoms. The highest BCUT2D eigenvalue weighted by Gasteiger charge is 2.38. The van der Waals surface area contributed by atoms with Crippen molar-refractivity contribution in [3.63, 3.8) is 0 Å². The molecule has 1 saturated heterocycles. The van der Waals surface area contributed by atoms with Gasteiger partial charge in [-0.3, -0.25) is 10.1 Å². The second-order valence-electron chi connectivity index (χ2n) is 2.63. The molecule has 74 valence electrons. The van der Waals surface area contributed by atoms with Gasteiger partial charge in [-0.1, -0.05) is 0 Å². The minimum absolute atomic E-state index is 0.567. The molecule has 8 heteroatoms. The summed E-state index contributed by atoms with van der Waals surface area (Å²) in [6.07, 6.45) is 0. The lowest BCUT2D eigenvalue weighted by Crippen LogP contribution is -2.36. The van der Waals surface area contributed by atoms with Crippen LogP contribution in [-0.4, -0.2) is 44.1 Å².